The minimum Gasteiger partial charge on any atom is -0.444 e. The molecule has 2 fully saturated rings. The lowest BCUT2D eigenvalue weighted by atomic mass is 9.89. The molecular weight excluding hydrogens is 1100 g/mol. The molecule has 0 unspecified atom stereocenters. The zero-order valence-corrected chi connectivity index (χ0v) is 49.6. The number of aryl methyl sites for hydroxylation is 2. The van der Waals surface area contributed by atoms with E-state index in [2.05, 4.69) is 24.3 Å². The lowest BCUT2D eigenvalue weighted by Crippen LogP contribution is -2.45. The van der Waals surface area contributed by atoms with Gasteiger partial charge in [-0.3, -0.25) is 24.1 Å². The molecule has 2 heterocycles. The van der Waals surface area contributed by atoms with Crippen molar-refractivity contribution < 1.29 is 55.0 Å². The first-order valence-corrected chi connectivity index (χ1v) is 32.0. The van der Waals surface area contributed by atoms with Crippen molar-refractivity contribution in [1.29, 1.82) is 0 Å². The van der Waals surface area contributed by atoms with E-state index in [0.717, 1.165) is 60.4 Å². The Morgan fingerprint density at radius 3 is 1.15 bits per heavy atom. The topological polar surface area (TPSA) is 188 Å². The number of nitrogens with zero attached hydrogens (tertiary/aromatic N) is 2. The third-order valence-corrected chi connectivity index (χ3v) is 15.4. The lowest BCUT2D eigenvalue weighted by Gasteiger charge is -2.28. The van der Waals surface area contributed by atoms with Gasteiger partial charge >= 0.3 is 6.09 Å². The first-order valence-electron chi connectivity index (χ1n) is 27.5. The van der Waals surface area contributed by atoms with Crippen molar-refractivity contribution in [2.45, 2.75) is 101 Å². The minimum atomic E-state index is -3.53. The van der Waals surface area contributed by atoms with Gasteiger partial charge in [0.2, 0.25) is 11.1 Å². The number of hydrogen-bond donors (Lipinski definition) is 0. The number of rotatable bonds is 22. The summed E-state index contributed by atoms with van der Waals surface area (Å²) in [6, 6.07) is 56.6. The standard InChI is InChI=1S/C30H33NO5S.C21H31NO6S.C14H11ClO/c1-37(34,35)22-28(32)27-20-26(36-19-11-14-23-12-5-2-6-13-23)21-31(27)30(33)29(24-15-7-3-8-16-24)25-17-9-4-10-18-25;1-21(2,3)28-20(24)22-14-17(13-18(22)19(23)15-29(4,25)26)27-12-8-11-16-9-6-5-7-10-16;15-14(16)13(11-7-3-1-4-8-11)12-9-5-2-6-10-12/h2-10,12-13,15-18,26-27,29H,11,14,19-22H2,1H3;5-7,9-10,17-18H,8,11-15H2,1-4H3;1-10,13H/t26-,27-;17-,18-;/m00./s1. The van der Waals surface area contributed by atoms with Crippen molar-refractivity contribution in [3.63, 3.8) is 0 Å². The highest BCUT2D eigenvalue weighted by Gasteiger charge is 2.44. The molecule has 0 aliphatic carbocycles. The first-order chi connectivity index (χ1) is 39.0. The Balaban J connectivity index is 0.000000213. The summed E-state index contributed by atoms with van der Waals surface area (Å²) in [5.74, 6) is -3.36. The number of ether oxygens (including phenoxy) is 3. The molecule has 6 aromatic rings. The highest BCUT2D eigenvalue weighted by Crippen LogP contribution is 2.33. The Hall–Kier alpha value is -6.82. The molecule has 14 nitrogen and oxygen atoms in total. The van der Waals surface area contributed by atoms with Gasteiger partial charge in [-0.2, -0.15) is 0 Å². The van der Waals surface area contributed by atoms with Crippen molar-refractivity contribution in [3.05, 3.63) is 215 Å². The fraction of sp³-hybridized carbons (Fsp3) is 0.369. The normalized spacial score (nSPS) is 17.1. The molecule has 0 spiro atoms. The summed E-state index contributed by atoms with van der Waals surface area (Å²) in [4.78, 5) is 66.6. The molecule has 2 aliphatic heterocycles. The molecular formula is C65H75ClN2O12S2. The van der Waals surface area contributed by atoms with Crippen molar-refractivity contribution in [2.24, 2.45) is 0 Å². The second-order valence-corrected chi connectivity index (χ2v) is 26.3. The average Bonchev–Trinajstić information content (AvgIpc) is 4.17. The number of benzene rings is 6. The number of Topliss-reactive ketones (excluding diaryl/α,β-unsaturated/α-hetero) is 2. The Morgan fingerprint density at radius 2 is 0.817 bits per heavy atom. The zero-order valence-electron chi connectivity index (χ0n) is 47.3. The lowest BCUT2D eigenvalue weighted by molar-refractivity contribution is -0.137. The average molecular weight is 1180 g/mol. The van der Waals surface area contributed by atoms with Gasteiger partial charge in [-0.1, -0.05) is 182 Å². The summed E-state index contributed by atoms with van der Waals surface area (Å²) in [6.45, 7) is 6.68. The van der Waals surface area contributed by atoms with Crippen LogP contribution in [-0.4, -0.2) is 136 Å². The van der Waals surface area contributed by atoms with Crippen LogP contribution in [0.2, 0.25) is 0 Å². The summed E-state index contributed by atoms with van der Waals surface area (Å²) >= 11 is 5.67. The third-order valence-electron chi connectivity index (χ3n) is 13.6. The van der Waals surface area contributed by atoms with E-state index in [1.165, 1.54) is 16.0 Å². The van der Waals surface area contributed by atoms with Crippen molar-refractivity contribution in [3.8, 4) is 0 Å². The van der Waals surface area contributed by atoms with E-state index in [4.69, 9.17) is 25.8 Å². The summed E-state index contributed by atoms with van der Waals surface area (Å²) in [6.07, 6.45) is 4.71. The molecule has 8 rings (SSSR count). The Kier molecular flexibility index (Phi) is 24.3. The number of halogens is 1. The van der Waals surface area contributed by atoms with Crippen LogP contribution in [0.4, 0.5) is 4.79 Å². The molecule has 82 heavy (non-hydrogen) atoms. The van der Waals surface area contributed by atoms with Gasteiger partial charge in [-0.15, -0.1) is 0 Å². The number of sulfone groups is 2. The summed E-state index contributed by atoms with van der Waals surface area (Å²) in [5.41, 5.74) is 5.22. The molecule has 0 N–H and O–H groups in total. The Labute approximate surface area is 489 Å². The molecule has 4 atom stereocenters. The van der Waals surface area contributed by atoms with Gasteiger partial charge in [0.25, 0.3) is 0 Å². The SMILES string of the molecule is CC(C)(C)OC(=O)N1C[C@@H](OCCCc2ccccc2)C[C@H]1C(=O)CS(C)(=O)=O.CS(=O)(=O)CC(=O)[C@@H]1C[C@H](OCCCc2ccccc2)CN1C(=O)C(c1ccccc1)c1ccccc1.O=C(Cl)C(c1ccccc1)c1ccccc1. The van der Waals surface area contributed by atoms with Crippen molar-refractivity contribution >= 4 is 60.1 Å². The maximum absolute atomic E-state index is 14.1. The predicted octanol–water partition coefficient (Wildman–Crippen LogP) is 10.3. The number of ketones is 2. The molecule has 2 amide bonds. The van der Waals surface area contributed by atoms with E-state index in [1.807, 2.05) is 158 Å². The number of carbonyl (C=O) groups excluding carboxylic acids is 5. The number of likely N-dealkylation sites (tertiary alicyclic amines) is 2. The molecule has 0 aromatic heterocycles. The molecule has 6 aromatic carbocycles. The van der Waals surface area contributed by atoms with Gasteiger partial charge in [0.1, 0.15) is 17.1 Å². The maximum atomic E-state index is 14.1. The highest BCUT2D eigenvalue weighted by molar-refractivity contribution is 7.91. The first kappa shape index (κ1) is 64.3. The number of hydrogen-bond acceptors (Lipinski definition) is 12. The Bertz CT molecular complexity index is 3130. The zero-order chi connectivity index (χ0) is 59.3. The second kappa shape index (κ2) is 31.0. The molecule has 0 radical (unpaired) electrons. The van der Waals surface area contributed by atoms with Gasteiger partial charge in [0.15, 0.2) is 31.2 Å². The van der Waals surface area contributed by atoms with Gasteiger partial charge < -0.3 is 19.1 Å². The fourth-order valence-corrected chi connectivity index (χ4v) is 11.6. The quantitative estimate of drug-likeness (QED) is 0.0463. The summed E-state index contributed by atoms with van der Waals surface area (Å²) in [5, 5.41) is -0.350. The van der Waals surface area contributed by atoms with E-state index < -0.39 is 72.4 Å². The summed E-state index contributed by atoms with van der Waals surface area (Å²) in [7, 11) is -7.02. The van der Waals surface area contributed by atoms with Crippen LogP contribution in [0.1, 0.15) is 91.7 Å². The van der Waals surface area contributed by atoms with Crippen LogP contribution in [0, 0.1) is 0 Å². The molecule has 17 heteroatoms. The molecule has 2 aliphatic rings. The molecule has 0 saturated carbocycles. The van der Waals surface area contributed by atoms with Crippen LogP contribution in [-0.2, 0) is 65.9 Å². The smallest absolute Gasteiger partial charge is 0.410 e. The van der Waals surface area contributed by atoms with E-state index >= 15 is 0 Å². The van der Waals surface area contributed by atoms with Crippen molar-refractivity contribution in [1.82, 2.24) is 9.80 Å². The van der Waals surface area contributed by atoms with Gasteiger partial charge in [0.05, 0.1) is 42.7 Å². The van der Waals surface area contributed by atoms with Crippen LogP contribution in [0.3, 0.4) is 0 Å². The van der Waals surface area contributed by atoms with Crippen LogP contribution in [0.15, 0.2) is 182 Å². The largest absolute Gasteiger partial charge is 0.444 e. The van der Waals surface area contributed by atoms with E-state index in [1.54, 1.807) is 25.7 Å². The van der Waals surface area contributed by atoms with E-state index in [9.17, 15) is 40.8 Å². The van der Waals surface area contributed by atoms with Crippen LogP contribution >= 0.6 is 11.6 Å². The van der Waals surface area contributed by atoms with E-state index in [-0.39, 0.29) is 48.8 Å². The van der Waals surface area contributed by atoms with Gasteiger partial charge in [-0.05, 0) is 91.4 Å². The van der Waals surface area contributed by atoms with Crippen LogP contribution < -0.4 is 0 Å². The molecule has 0 bridgehead atoms. The van der Waals surface area contributed by atoms with Crippen LogP contribution in [0.5, 0.6) is 0 Å². The predicted molar refractivity (Wildman–Crippen MR) is 320 cm³/mol. The van der Waals surface area contributed by atoms with Crippen molar-refractivity contribution in [2.75, 3.05) is 50.3 Å². The molecule has 436 valence electrons. The minimum absolute atomic E-state index is 0.209. The highest BCUT2D eigenvalue weighted by atomic mass is 35.5. The fourth-order valence-electron chi connectivity index (χ4n) is 9.94. The molecule has 2 saturated heterocycles. The number of amides is 2. The van der Waals surface area contributed by atoms with E-state index in [0.29, 0.717) is 19.6 Å². The maximum Gasteiger partial charge on any atom is 0.410 e. The van der Waals surface area contributed by atoms with Gasteiger partial charge in [0, 0.05) is 45.1 Å². The van der Waals surface area contributed by atoms with Crippen LogP contribution in [0.25, 0.3) is 0 Å². The Morgan fingerprint density at radius 1 is 0.500 bits per heavy atom. The second-order valence-electron chi connectivity index (χ2n) is 21.7. The monoisotopic (exact) mass is 1170 g/mol. The summed E-state index contributed by atoms with van der Waals surface area (Å²) < 4.78 is 64.3. The third kappa shape index (κ3) is 21.2. The number of carbonyl (C=O) groups is 5. The van der Waals surface area contributed by atoms with Gasteiger partial charge in [-0.25, -0.2) is 21.6 Å².